The average Bonchev–Trinajstić information content (AvgIpc) is 2.06. The van der Waals surface area contributed by atoms with Gasteiger partial charge in [0, 0.05) is 0 Å². The van der Waals surface area contributed by atoms with Gasteiger partial charge in [-0.25, -0.2) is 4.79 Å². The van der Waals surface area contributed by atoms with Gasteiger partial charge >= 0.3 is 6.16 Å². The van der Waals surface area contributed by atoms with Gasteiger partial charge in [-0.2, -0.15) is 0 Å². The fraction of sp³-hybridized carbons (Fsp3) is 0.857. The Hall–Kier alpha value is -0.480. The molecular formula is C7H14ClNO3. The zero-order chi connectivity index (χ0) is 8.10. The van der Waals surface area contributed by atoms with Gasteiger partial charge in [-0.15, -0.1) is 12.4 Å². The summed E-state index contributed by atoms with van der Waals surface area (Å²) in [4.78, 5) is 10.6. The highest BCUT2D eigenvalue weighted by Crippen LogP contribution is 2.07. The van der Waals surface area contributed by atoms with Crippen molar-refractivity contribution in [2.24, 2.45) is 0 Å². The highest BCUT2D eigenvalue weighted by atomic mass is 35.5. The second-order valence-corrected chi connectivity index (χ2v) is 2.52. The van der Waals surface area contributed by atoms with Crippen LogP contribution in [0.2, 0.25) is 0 Å². The number of hydrogen-bond acceptors (Lipinski definition) is 4. The molecule has 0 spiro atoms. The number of methoxy groups -OCH3 is 1. The van der Waals surface area contributed by atoms with E-state index in [9.17, 15) is 4.79 Å². The highest BCUT2D eigenvalue weighted by Gasteiger charge is 2.16. The lowest BCUT2D eigenvalue weighted by Gasteiger charge is -2.21. The highest BCUT2D eigenvalue weighted by molar-refractivity contribution is 5.85. The molecule has 0 aliphatic carbocycles. The van der Waals surface area contributed by atoms with E-state index in [1.54, 1.807) is 0 Å². The molecule has 1 rings (SSSR count). The number of ether oxygens (including phenoxy) is 2. The van der Waals surface area contributed by atoms with Crippen molar-refractivity contribution in [3.8, 4) is 0 Å². The summed E-state index contributed by atoms with van der Waals surface area (Å²) in [5.74, 6) is 0. The minimum atomic E-state index is -0.572. The summed E-state index contributed by atoms with van der Waals surface area (Å²) in [6.45, 7) is 1.84. The van der Waals surface area contributed by atoms with Crippen molar-refractivity contribution in [1.82, 2.24) is 5.32 Å². The van der Waals surface area contributed by atoms with Crippen LogP contribution in [-0.4, -0.2) is 32.5 Å². The van der Waals surface area contributed by atoms with Crippen LogP contribution in [0.5, 0.6) is 0 Å². The molecule has 1 saturated heterocycles. The van der Waals surface area contributed by atoms with Crippen LogP contribution in [0.3, 0.4) is 0 Å². The molecule has 0 radical (unpaired) electrons. The molecule has 1 aliphatic rings. The van der Waals surface area contributed by atoms with Crippen LogP contribution < -0.4 is 5.32 Å². The Morgan fingerprint density at radius 2 is 2.00 bits per heavy atom. The lowest BCUT2D eigenvalue weighted by molar-refractivity contribution is 0.0258. The third-order valence-corrected chi connectivity index (χ3v) is 1.72. The quantitative estimate of drug-likeness (QED) is 0.633. The molecule has 0 aromatic heterocycles. The van der Waals surface area contributed by atoms with Gasteiger partial charge in [0.1, 0.15) is 6.10 Å². The summed E-state index contributed by atoms with van der Waals surface area (Å²) in [6.07, 6.45) is 1.24. The molecule has 1 heterocycles. The van der Waals surface area contributed by atoms with Crippen LogP contribution in [0.1, 0.15) is 12.8 Å². The molecule has 0 unspecified atom stereocenters. The van der Waals surface area contributed by atoms with E-state index in [4.69, 9.17) is 4.74 Å². The van der Waals surface area contributed by atoms with Crippen molar-refractivity contribution in [3.63, 3.8) is 0 Å². The van der Waals surface area contributed by atoms with Crippen molar-refractivity contribution in [3.05, 3.63) is 0 Å². The van der Waals surface area contributed by atoms with E-state index >= 15 is 0 Å². The SMILES string of the molecule is COC(=O)OC1CCNCC1.Cl. The summed E-state index contributed by atoms with van der Waals surface area (Å²) in [5.41, 5.74) is 0. The molecule has 12 heavy (non-hydrogen) atoms. The van der Waals surface area contributed by atoms with E-state index in [1.165, 1.54) is 7.11 Å². The molecule has 0 saturated carbocycles. The van der Waals surface area contributed by atoms with Crippen molar-refractivity contribution in [2.45, 2.75) is 18.9 Å². The predicted octanol–water partition coefficient (Wildman–Crippen LogP) is 0.943. The summed E-state index contributed by atoms with van der Waals surface area (Å²) in [7, 11) is 1.32. The molecule has 0 aromatic carbocycles. The van der Waals surface area contributed by atoms with Crippen molar-refractivity contribution >= 4 is 18.6 Å². The zero-order valence-corrected chi connectivity index (χ0v) is 7.86. The number of nitrogens with one attached hydrogen (secondary N) is 1. The molecule has 0 amide bonds. The number of rotatable bonds is 1. The minimum absolute atomic E-state index is 0. The van der Waals surface area contributed by atoms with E-state index in [2.05, 4.69) is 10.1 Å². The Balaban J connectivity index is 0.00000121. The fourth-order valence-electron chi connectivity index (χ4n) is 1.10. The second-order valence-electron chi connectivity index (χ2n) is 2.52. The number of hydrogen-bond donors (Lipinski definition) is 1. The maximum absolute atomic E-state index is 10.6. The first-order valence-corrected chi connectivity index (χ1v) is 3.78. The van der Waals surface area contributed by atoms with Gasteiger partial charge in [0.15, 0.2) is 0 Å². The standard InChI is InChI=1S/C7H13NO3.ClH/c1-10-7(9)11-6-2-4-8-5-3-6;/h6,8H,2-5H2,1H3;1H. The lowest BCUT2D eigenvalue weighted by Crippen LogP contribution is -2.33. The Morgan fingerprint density at radius 1 is 1.42 bits per heavy atom. The van der Waals surface area contributed by atoms with E-state index in [-0.39, 0.29) is 18.5 Å². The largest absolute Gasteiger partial charge is 0.508 e. The van der Waals surface area contributed by atoms with Crippen LogP contribution in [-0.2, 0) is 9.47 Å². The normalized spacial score (nSPS) is 17.8. The average molecular weight is 196 g/mol. The fourth-order valence-corrected chi connectivity index (χ4v) is 1.10. The molecule has 0 bridgehead atoms. The molecule has 72 valence electrons. The summed E-state index contributed by atoms with van der Waals surface area (Å²) < 4.78 is 9.31. The molecule has 1 aliphatic heterocycles. The Kier molecular flexibility index (Phi) is 5.84. The minimum Gasteiger partial charge on any atom is -0.438 e. The maximum Gasteiger partial charge on any atom is 0.508 e. The Bertz CT molecular complexity index is 137. The molecule has 4 nitrogen and oxygen atoms in total. The second kappa shape index (κ2) is 6.08. The Labute approximate surface area is 78.0 Å². The molecule has 0 atom stereocenters. The predicted molar refractivity (Wildman–Crippen MR) is 46.6 cm³/mol. The number of piperidine rings is 1. The van der Waals surface area contributed by atoms with Gasteiger partial charge in [-0.05, 0) is 25.9 Å². The molecule has 0 aromatic rings. The first-order valence-electron chi connectivity index (χ1n) is 3.78. The number of halogens is 1. The molecule has 1 fully saturated rings. The van der Waals surface area contributed by atoms with Crippen molar-refractivity contribution in [2.75, 3.05) is 20.2 Å². The summed E-state index contributed by atoms with van der Waals surface area (Å²) >= 11 is 0. The number of carbonyl (C=O) groups is 1. The first kappa shape index (κ1) is 11.5. The van der Waals surface area contributed by atoms with E-state index in [1.807, 2.05) is 0 Å². The summed E-state index contributed by atoms with van der Waals surface area (Å²) in [6, 6.07) is 0. The summed E-state index contributed by atoms with van der Waals surface area (Å²) in [5, 5.41) is 3.17. The monoisotopic (exact) mass is 195 g/mol. The van der Waals surface area contributed by atoms with Crippen LogP contribution in [0, 0.1) is 0 Å². The molecular weight excluding hydrogens is 182 g/mol. The third kappa shape index (κ3) is 3.78. The van der Waals surface area contributed by atoms with Crippen LogP contribution in [0.15, 0.2) is 0 Å². The molecule has 1 N–H and O–H groups in total. The van der Waals surface area contributed by atoms with Gasteiger partial charge in [-0.3, -0.25) is 0 Å². The van der Waals surface area contributed by atoms with Gasteiger partial charge in [0.05, 0.1) is 7.11 Å². The Morgan fingerprint density at radius 3 is 2.50 bits per heavy atom. The van der Waals surface area contributed by atoms with Crippen molar-refractivity contribution in [1.29, 1.82) is 0 Å². The smallest absolute Gasteiger partial charge is 0.438 e. The maximum atomic E-state index is 10.6. The topological polar surface area (TPSA) is 47.6 Å². The number of carbonyl (C=O) groups excluding carboxylic acids is 1. The van der Waals surface area contributed by atoms with Gasteiger partial charge < -0.3 is 14.8 Å². The van der Waals surface area contributed by atoms with Gasteiger partial charge in [0.2, 0.25) is 0 Å². The van der Waals surface area contributed by atoms with Crippen molar-refractivity contribution < 1.29 is 14.3 Å². The van der Waals surface area contributed by atoms with E-state index in [0.717, 1.165) is 25.9 Å². The third-order valence-electron chi connectivity index (χ3n) is 1.72. The van der Waals surface area contributed by atoms with Gasteiger partial charge in [-0.1, -0.05) is 0 Å². The van der Waals surface area contributed by atoms with E-state index < -0.39 is 6.16 Å². The van der Waals surface area contributed by atoms with Crippen LogP contribution in [0.25, 0.3) is 0 Å². The van der Waals surface area contributed by atoms with Gasteiger partial charge in [0.25, 0.3) is 0 Å². The zero-order valence-electron chi connectivity index (χ0n) is 7.04. The van der Waals surface area contributed by atoms with Crippen LogP contribution >= 0.6 is 12.4 Å². The first-order chi connectivity index (χ1) is 5.33. The molecule has 5 heteroatoms. The van der Waals surface area contributed by atoms with Crippen LogP contribution in [0.4, 0.5) is 4.79 Å². The van der Waals surface area contributed by atoms with E-state index in [0.29, 0.717) is 0 Å². The lowest BCUT2D eigenvalue weighted by atomic mass is 10.1.